The van der Waals surface area contributed by atoms with Crippen LogP contribution in [0.5, 0.6) is 5.75 Å². The zero-order valence-electron chi connectivity index (χ0n) is 13.9. The smallest absolute Gasteiger partial charge is 0.387 e. The maximum Gasteiger partial charge on any atom is 0.387 e. The number of carbonyl (C=O) groups excluding carboxylic acids is 2. The van der Waals surface area contributed by atoms with Crippen LogP contribution in [-0.4, -0.2) is 46.1 Å². The highest BCUT2D eigenvalue weighted by Gasteiger charge is 2.33. The van der Waals surface area contributed by atoms with Crippen LogP contribution in [0.15, 0.2) is 29.5 Å². The van der Waals surface area contributed by atoms with Crippen LogP contribution in [-0.2, 0) is 23.8 Å². The minimum Gasteiger partial charge on any atom is -0.466 e. The van der Waals surface area contributed by atoms with Gasteiger partial charge in [-0.15, -0.1) is 0 Å². The number of anilines is 1. The number of benzene rings is 1. The molecular formula is C16H17F2NO6. The van der Waals surface area contributed by atoms with Gasteiger partial charge in [-0.1, -0.05) is 0 Å². The van der Waals surface area contributed by atoms with Crippen molar-refractivity contribution in [2.75, 3.05) is 32.5 Å². The van der Waals surface area contributed by atoms with E-state index in [0.29, 0.717) is 11.3 Å². The van der Waals surface area contributed by atoms with E-state index in [1.165, 1.54) is 37.3 Å². The Balaban J connectivity index is 2.48. The lowest BCUT2D eigenvalue weighted by Crippen LogP contribution is -2.39. The first-order chi connectivity index (χ1) is 11.9. The third kappa shape index (κ3) is 4.05. The van der Waals surface area contributed by atoms with E-state index in [9.17, 15) is 18.4 Å². The van der Waals surface area contributed by atoms with Crippen LogP contribution in [0.4, 0.5) is 14.5 Å². The molecule has 0 amide bonds. The van der Waals surface area contributed by atoms with Crippen molar-refractivity contribution >= 4 is 17.6 Å². The van der Waals surface area contributed by atoms with Gasteiger partial charge in [0.2, 0.25) is 0 Å². The lowest BCUT2D eigenvalue weighted by atomic mass is 10.1. The molecule has 25 heavy (non-hydrogen) atoms. The van der Waals surface area contributed by atoms with Crippen LogP contribution < -0.4 is 9.64 Å². The summed E-state index contributed by atoms with van der Waals surface area (Å²) in [6, 6.07) is 4.21. The second-order valence-corrected chi connectivity index (χ2v) is 5.04. The van der Waals surface area contributed by atoms with Gasteiger partial charge >= 0.3 is 18.6 Å². The molecule has 0 spiro atoms. The van der Waals surface area contributed by atoms with Gasteiger partial charge in [0.1, 0.15) is 18.2 Å². The minimum atomic E-state index is -2.94. The second kappa shape index (κ2) is 7.93. The van der Waals surface area contributed by atoms with Crippen LogP contribution in [0, 0.1) is 6.92 Å². The molecule has 0 N–H and O–H groups in total. The van der Waals surface area contributed by atoms with Crippen LogP contribution in [0.3, 0.4) is 0 Å². The van der Waals surface area contributed by atoms with Gasteiger partial charge in [-0.25, -0.2) is 9.59 Å². The summed E-state index contributed by atoms with van der Waals surface area (Å²) in [5.74, 6) is -1.48. The third-order valence-electron chi connectivity index (χ3n) is 3.52. The number of aryl methyl sites for hydroxylation is 1. The maximum absolute atomic E-state index is 12.3. The molecule has 7 nitrogen and oxygen atoms in total. The second-order valence-electron chi connectivity index (χ2n) is 5.04. The number of nitrogens with zero attached hydrogens (tertiary/aromatic N) is 1. The van der Waals surface area contributed by atoms with Crippen molar-refractivity contribution in [1.82, 2.24) is 0 Å². The predicted octanol–water partition coefficient (Wildman–Crippen LogP) is 1.99. The van der Waals surface area contributed by atoms with E-state index in [1.54, 1.807) is 6.92 Å². The summed E-state index contributed by atoms with van der Waals surface area (Å²) in [6.45, 7) is -1.44. The highest BCUT2D eigenvalue weighted by atomic mass is 19.3. The van der Waals surface area contributed by atoms with Crippen molar-refractivity contribution in [3.8, 4) is 5.75 Å². The van der Waals surface area contributed by atoms with E-state index in [1.807, 2.05) is 0 Å². The van der Waals surface area contributed by atoms with E-state index in [0.717, 1.165) is 0 Å². The summed E-state index contributed by atoms with van der Waals surface area (Å²) >= 11 is 0. The minimum absolute atomic E-state index is 0.00732. The monoisotopic (exact) mass is 357 g/mol. The highest BCUT2D eigenvalue weighted by Crippen LogP contribution is 2.31. The summed E-state index contributed by atoms with van der Waals surface area (Å²) in [5, 5.41) is 0. The maximum atomic E-state index is 12.3. The zero-order chi connectivity index (χ0) is 18.6. The average molecular weight is 357 g/mol. The van der Waals surface area contributed by atoms with Gasteiger partial charge in [-0.3, -0.25) is 0 Å². The quantitative estimate of drug-likeness (QED) is 0.746. The molecule has 0 bridgehead atoms. The molecule has 0 atom stereocenters. The molecule has 0 unspecified atom stereocenters. The Kier molecular flexibility index (Phi) is 5.92. The van der Waals surface area contributed by atoms with Gasteiger partial charge in [0.25, 0.3) is 0 Å². The Morgan fingerprint density at radius 1 is 1.20 bits per heavy atom. The number of esters is 2. The molecule has 1 aromatic carbocycles. The lowest BCUT2D eigenvalue weighted by molar-refractivity contribution is -0.140. The average Bonchev–Trinajstić information content (AvgIpc) is 2.59. The number of ether oxygens (including phenoxy) is 4. The summed E-state index contributed by atoms with van der Waals surface area (Å²) in [7, 11) is 2.37. The molecule has 0 aromatic heterocycles. The topological polar surface area (TPSA) is 74.3 Å². The Labute approximate surface area is 142 Å². The predicted molar refractivity (Wildman–Crippen MR) is 82.2 cm³/mol. The van der Waals surface area contributed by atoms with Crippen LogP contribution in [0.1, 0.15) is 5.56 Å². The van der Waals surface area contributed by atoms with Gasteiger partial charge in [-0.05, 0) is 30.7 Å². The number of rotatable bonds is 5. The molecule has 1 aromatic rings. The molecule has 9 heteroatoms. The van der Waals surface area contributed by atoms with Crippen LogP contribution in [0.2, 0.25) is 0 Å². The molecule has 1 aliphatic heterocycles. The summed E-state index contributed by atoms with van der Waals surface area (Å²) in [4.78, 5) is 25.6. The molecule has 1 heterocycles. The van der Waals surface area contributed by atoms with Gasteiger partial charge in [0.05, 0.1) is 26.4 Å². The first-order valence-electron chi connectivity index (χ1n) is 7.19. The summed E-state index contributed by atoms with van der Waals surface area (Å²) in [6.07, 6.45) is 0. The number of hydrogen-bond acceptors (Lipinski definition) is 7. The zero-order valence-corrected chi connectivity index (χ0v) is 13.9. The molecular weight excluding hydrogens is 340 g/mol. The Bertz CT molecular complexity index is 704. The molecule has 2 rings (SSSR count). The van der Waals surface area contributed by atoms with Gasteiger partial charge in [0, 0.05) is 5.69 Å². The van der Waals surface area contributed by atoms with Gasteiger partial charge in [0.15, 0.2) is 0 Å². The number of carbonyl (C=O) groups is 2. The fourth-order valence-electron chi connectivity index (χ4n) is 2.44. The lowest BCUT2D eigenvalue weighted by Gasteiger charge is -2.32. The normalized spacial score (nSPS) is 14.6. The first kappa shape index (κ1) is 18.7. The first-order valence-corrected chi connectivity index (χ1v) is 7.19. The Morgan fingerprint density at radius 2 is 1.88 bits per heavy atom. The Hall–Kier alpha value is -2.68. The molecule has 0 fully saturated rings. The molecule has 1 aliphatic rings. The van der Waals surface area contributed by atoms with Crippen molar-refractivity contribution in [3.63, 3.8) is 0 Å². The third-order valence-corrected chi connectivity index (χ3v) is 3.52. The van der Waals surface area contributed by atoms with E-state index >= 15 is 0 Å². The number of hydrogen-bond donors (Lipinski definition) is 0. The SMILES string of the molecule is COC(=O)C1=C(C(=O)OC)N(c2ccc(OC(F)F)cc2C)COC1. The van der Waals surface area contributed by atoms with Gasteiger partial charge in [-0.2, -0.15) is 8.78 Å². The van der Waals surface area contributed by atoms with Crippen LogP contribution >= 0.6 is 0 Å². The van der Waals surface area contributed by atoms with E-state index < -0.39 is 18.6 Å². The van der Waals surface area contributed by atoms with E-state index in [4.69, 9.17) is 9.47 Å². The Morgan fingerprint density at radius 3 is 2.44 bits per heavy atom. The largest absolute Gasteiger partial charge is 0.466 e. The van der Waals surface area contributed by atoms with Crippen molar-refractivity contribution in [3.05, 3.63) is 35.0 Å². The number of halogens is 2. The standard InChI is InChI=1S/C16H17F2NO6/c1-9-6-10(25-16(17)18)4-5-12(9)19-8-24-7-11(14(20)22-2)13(19)15(21)23-3/h4-6,16H,7-8H2,1-3H3. The van der Waals surface area contributed by atoms with Crippen molar-refractivity contribution in [2.24, 2.45) is 0 Å². The van der Waals surface area contributed by atoms with Gasteiger partial charge < -0.3 is 23.8 Å². The highest BCUT2D eigenvalue weighted by molar-refractivity contribution is 6.03. The fourth-order valence-corrected chi connectivity index (χ4v) is 2.44. The number of alkyl halides is 2. The van der Waals surface area contributed by atoms with Crippen molar-refractivity contribution in [2.45, 2.75) is 13.5 Å². The van der Waals surface area contributed by atoms with Crippen molar-refractivity contribution < 1.29 is 37.3 Å². The fraction of sp³-hybridized carbons (Fsp3) is 0.375. The molecule has 0 saturated carbocycles. The molecule has 136 valence electrons. The van der Waals surface area contributed by atoms with E-state index in [2.05, 4.69) is 9.47 Å². The molecule has 0 aliphatic carbocycles. The number of methoxy groups -OCH3 is 2. The summed E-state index contributed by atoms with van der Waals surface area (Å²) in [5.41, 5.74) is 0.997. The van der Waals surface area contributed by atoms with Crippen molar-refractivity contribution in [1.29, 1.82) is 0 Å². The molecule has 0 radical (unpaired) electrons. The van der Waals surface area contributed by atoms with Crippen LogP contribution in [0.25, 0.3) is 0 Å². The summed E-state index contributed by atoms with van der Waals surface area (Å²) < 4.78 is 43.8. The molecule has 0 saturated heterocycles. The van der Waals surface area contributed by atoms with E-state index in [-0.39, 0.29) is 30.4 Å².